The molecule has 128 valence electrons. The van der Waals surface area contributed by atoms with Crippen LogP contribution in [0.3, 0.4) is 0 Å². The van der Waals surface area contributed by atoms with Crippen molar-refractivity contribution in [1.29, 1.82) is 0 Å². The molecule has 0 aromatic heterocycles. The van der Waals surface area contributed by atoms with Gasteiger partial charge in [0.15, 0.2) is 0 Å². The fourth-order valence-corrected chi connectivity index (χ4v) is 1.76. The van der Waals surface area contributed by atoms with Crippen LogP contribution in [0.15, 0.2) is 18.2 Å². The third-order valence-electron chi connectivity index (χ3n) is 2.62. The molecular formula is C14H24Cl3N3O2. The van der Waals surface area contributed by atoms with Gasteiger partial charge in [-0.3, -0.25) is 4.79 Å². The molecule has 0 fully saturated rings. The van der Waals surface area contributed by atoms with Crippen LogP contribution in [0.4, 0.5) is 5.69 Å². The van der Waals surface area contributed by atoms with E-state index in [-0.39, 0.29) is 30.7 Å². The van der Waals surface area contributed by atoms with E-state index in [0.29, 0.717) is 42.5 Å². The zero-order valence-corrected chi connectivity index (χ0v) is 15.2. The molecule has 0 spiro atoms. The van der Waals surface area contributed by atoms with Crippen LogP contribution in [-0.4, -0.2) is 44.6 Å². The van der Waals surface area contributed by atoms with Gasteiger partial charge in [-0.05, 0) is 45.3 Å². The highest BCUT2D eigenvalue weighted by Crippen LogP contribution is 2.27. The van der Waals surface area contributed by atoms with Gasteiger partial charge in [-0.25, -0.2) is 0 Å². The highest BCUT2D eigenvalue weighted by molar-refractivity contribution is 6.32. The molecule has 8 heteroatoms. The summed E-state index contributed by atoms with van der Waals surface area (Å²) in [4.78, 5) is 13.6. The largest absolute Gasteiger partial charge is 0.491 e. The van der Waals surface area contributed by atoms with E-state index in [1.165, 1.54) is 0 Å². The molecule has 0 unspecified atom stereocenters. The Labute approximate surface area is 149 Å². The van der Waals surface area contributed by atoms with E-state index in [1.807, 2.05) is 19.0 Å². The average Bonchev–Trinajstić information content (AvgIpc) is 2.38. The van der Waals surface area contributed by atoms with Crippen LogP contribution in [0.25, 0.3) is 0 Å². The Bertz CT molecular complexity index is 445. The van der Waals surface area contributed by atoms with E-state index < -0.39 is 0 Å². The summed E-state index contributed by atoms with van der Waals surface area (Å²) in [6, 6.07) is 5.22. The van der Waals surface area contributed by atoms with Gasteiger partial charge >= 0.3 is 0 Å². The summed E-state index contributed by atoms with van der Waals surface area (Å²) >= 11 is 6.12. The molecule has 0 radical (unpaired) electrons. The molecule has 1 aromatic rings. The van der Waals surface area contributed by atoms with Gasteiger partial charge in [0.1, 0.15) is 12.4 Å². The van der Waals surface area contributed by atoms with E-state index in [9.17, 15) is 4.79 Å². The molecule has 5 nitrogen and oxygen atoms in total. The highest BCUT2D eigenvalue weighted by atomic mass is 35.5. The van der Waals surface area contributed by atoms with E-state index >= 15 is 0 Å². The van der Waals surface area contributed by atoms with Gasteiger partial charge < -0.3 is 20.7 Å². The summed E-state index contributed by atoms with van der Waals surface area (Å²) in [5.74, 6) is 0.557. The molecule has 22 heavy (non-hydrogen) atoms. The van der Waals surface area contributed by atoms with Crippen molar-refractivity contribution >= 4 is 48.0 Å². The van der Waals surface area contributed by atoms with Gasteiger partial charge in [-0.2, -0.15) is 0 Å². The van der Waals surface area contributed by atoms with Crippen molar-refractivity contribution in [2.45, 2.75) is 12.8 Å². The summed E-state index contributed by atoms with van der Waals surface area (Å²) in [7, 11) is 3.95. The highest BCUT2D eigenvalue weighted by Gasteiger charge is 2.06. The second kappa shape index (κ2) is 12.8. The van der Waals surface area contributed by atoms with Gasteiger partial charge in [-0.15, -0.1) is 24.8 Å². The van der Waals surface area contributed by atoms with E-state index in [4.69, 9.17) is 22.1 Å². The number of halogens is 3. The van der Waals surface area contributed by atoms with Crippen LogP contribution < -0.4 is 15.8 Å². The van der Waals surface area contributed by atoms with Crippen LogP contribution in [0.2, 0.25) is 5.02 Å². The lowest BCUT2D eigenvalue weighted by atomic mass is 10.2. The monoisotopic (exact) mass is 371 g/mol. The molecule has 1 rings (SSSR count). The zero-order chi connectivity index (χ0) is 15.0. The number of nitrogens with one attached hydrogen (secondary N) is 1. The predicted molar refractivity (Wildman–Crippen MR) is 96.9 cm³/mol. The molecular weight excluding hydrogens is 349 g/mol. The first-order valence-electron chi connectivity index (χ1n) is 6.60. The molecule has 1 amide bonds. The quantitative estimate of drug-likeness (QED) is 0.736. The number of carbonyl (C=O) groups excluding carboxylic acids is 1. The standard InChI is InChI=1S/C14H22ClN3O2.2ClH/c1-18(2)8-9-20-13-6-5-11(10-12(13)15)17-14(19)4-3-7-16;;/h5-6,10H,3-4,7-9,16H2,1-2H3,(H,17,19);2*1H. The summed E-state index contributed by atoms with van der Waals surface area (Å²) in [6.07, 6.45) is 1.08. The minimum atomic E-state index is -0.0622. The number of carbonyl (C=O) groups is 1. The Morgan fingerprint density at radius 3 is 2.59 bits per heavy atom. The second-order valence-corrected chi connectivity index (χ2v) is 5.14. The van der Waals surface area contributed by atoms with Gasteiger partial charge in [0, 0.05) is 18.7 Å². The third-order valence-corrected chi connectivity index (χ3v) is 2.92. The first-order valence-corrected chi connectivity index (χ1v) is 6.97. The van der Waals surface area contributed by atoms with Gasteiger partial charge in [0.25, 0.3) is 0 Å². The Hall–Kier alpha value is -0.720. The molecule has 0 heterocycles. The number of ether oxygens (including phenoxy) is 1. The lowest BCUT2D eigenvalue weighted by Crippen LogP contribution is -2.19. The van der Waals surface area contributed by atoms with Crippen LogP contribution in [0.5, 0.6) is 5.75 Å². The average molecular weight is 373 g/mol. The van der Waals surface area contributed by atoms with Crippen molar-refractivity contribution in [3.63, 3.8) is 0 Å². The molecule has 0 aliphatic carbocycles. The molecule has 0 saturated carbocycles. The van der Waals surface area contributed by atoms with Crippen molar-refractivity contribution in [1.82, 2.24) is 4.90 Å². The minimum absolute atomic E-state index is 0. The molecule has 3 N–H and O–H groups in total. The first-order chi connectivity index (χ1) is 9.52. The fraction of sp³-hybridized carbons (Fsp3) is 0.500. The molecule has 0 aliphatic rings. The number of benzene rings is 1. The van der Waals surface area contributed by atoms with Crippen molar-refractivity contribution in [3.05, 3.63) is 23.2 Å². The number of hydrogen-bond donors (Lipinski definition) is 2. The third kappa shape index (κ3) is 9.33. The van der Waals surface area contributed by atoms with E-state index in [2.05, 4.69) is 5.32 Å². The lowest BCUT2D eigenvalue weighted by molar-refractivity contribution is -0.116. The van der Waals surface area contributed by atoms with Gasteiger partial charge in [0.05, 0.1) is 5.02 Å². The maximum atomic E-state index is 11.6. The number of hydrogen-bond acceptors (Lipinski definition) is 4. The maximum absolute atomic E-state index is 11.6. The maximum Gasteiger partial charge on any atom is 0.224 e. The number of anilines is 1. The summed E-state index contributed by atoms with van der Waals surface area (Å²) in [6.45, 7) is 1.88. The zero-order valence-electron chi connectivity index (χ0n) is 12.8. The normalized spacial score (nSPS) is 9.68. The van der Waals surface area contributed by atoms with Crippen LogP contribution in [-0.2, 0) is 4.79 Å². The lowest BCUT2D eigenvalue weighted by Gasteiger charge is -2.13. The van der Waals surface area contributed by atoms with E-state index in [0.717, 1.165) is 6.54 Å². The summed E-state index contributed by atoms with van der Waals surface area (Å²) in [5.41, 5.74) is 6.02. The Kier molecular flexibility index (Phi) is 13.7. The van der Waals surface area contributed by atoms with E-state index in [1.54, 1.807) is 18.2 Å². The number of rotatable bonds is 8. The Balaban J connectivity index is 0. The number of likely N-dealkylation sites (N-methyl/N-ethyl adjacent to an activating group) is 1. The molecule has 0 saturated heterocycles. The fourth-order valence-electron chi connectivity index (χ4n) is 1.52. The summed E-state index contributed by atoms with van der Waals surface area (Å²) < 4.78 is 5.57. The van der Waals surface area contributed by atoms with Crippen LogP contribution in [0.1, 0.15) is 12.8 Å². The predicted octanol–water partition coefficient (Wildman–Crippen LogP) is 2.80. The topological polar surface area (TPSA) is 67.6 Å². The van der Waals surface area contributed by atoms with Crippen molar-refractivity contribution < 1.29 is 9.53 Å². The molecule has 0 bridgehead atoms. The van der Waals surface area contributed by atoms with Crippen LogP contribution in [0, 0.1) is 0 Å². The van der Waals surface area contributed by atoms with Crippen LogP contribution >= 0.6 is 36.4 Å². The van der Waals surface area contributed by atoms with Gasteiger partial charge in [-0.1, -0.05) is 11.6 Å². The minimum Gasteiger partial charge on any atom is -0.491 e. The van der Waals surface area contributed by atoms with Crippen molar-refractivity contribution in [2.75, 3.05) is 39.1 Å². The second-order valence-electron chi connectivity index (χ2n) is 4.74. The Morgan fingerprint density at radius 1 is 1.36 bits per heavy atom. The smallest absolute Gasteiger partial charge is 0.224 e. The van der Waals surface area contributed by atoms with Gasteiger partial charge in [0.2, 0.25) is 5.91 Å². The number of nitrogens with zero attached hydrogens (tertiary/aromatic N) is 1. The summed E-state index contributed by atoms with van der Waals surface area (Å²) in [5, 5.41) is 3.26. The van der Waals surface area contributed by atoms with Crippen molar-refractivity contribution in [3.8, 4) is 5.75 Å². The number of amides is 1. The Morgan fingerprint density at radius 2 is 2.05 bits per heavy atom. The number of nitrogens with two attached hydrogens (primary N) is 1. The SMILES string of the molecule is CN(C)CCOc1ccc(NC(=O)CCCN)cc1Cl.Cl.Cl. The first kappa shape index (κ1) is 23.5. The molecule has 0 atom stereocenters. The van der Waals surface area contributed by atoms with Crippen molar-refractivity contribution in [2.24, 2.45) is 5.73 Å². The molecule has 1 aromatic carbocycles. The molecule has 0 aliphatic heterocycles.